The van der Waals surface area contributed by atoms with E-state index in [1.807, 2.05) is 20.8 Å². The van der Waals surface area contributed by atoms with Crippen LogP contribution in [-0.2, 0) is 0 Å². The van der Waals surface area contributed by atoms with Crippen molar-refractivity contribution in [2.24, 2.45) is 5.92 Å². The molecule has 1 nitrogen and oxygen atoms in total. The molecule has 0 aromatic carbocycles. The molecule has 0 aliphatic heterocycles. The summed E-state index contributed by atoms with van der Waals surface area (Å²) in [5, 5.41) is 9.57. The van der Waals surface area contributed by atoms with Gasteiger partial charge in [-0.15, -0.1) is 9.24 Å². The van der Waals surface area contributed by atoms with Gasteiger partial charge in [-0.1, -0.05) is 5.57 Å². The van der Waals surface area contributed by atoms with Crippen LogP contribution >= 0.6 is 9.24 Å². The number of allylic oxidation sites excluding steroid dienone is 2. The maximum absolute atomic E-state index is 8.46. The lowest BCUT2D eigenvalue weighted by Gasteiger charge is -2.02. The zero-order valence-electron chi connectivity index (χ0n) is 6.10. The van der Waals surface area contributed by atoms with Crippen LogP contribution in [0.15, 0.2) is 10.9 Å². The predicted molar refractivity (Wildman–Crippen MR) is 42.9 cm³/mol. The SMILES string of the molecule is CC(C)=C(P)C(C)C#N. The second kappa shape index (κ2) is 3.64. The van der Waals surface area contributed by atoms with Gasteiger partial charge in [0.05, 0.1) is 12.0 Å². The highest BCUT2D eigenvalue weighted by Crippen LogP contribution is 2.20. The zero-order valence-corrected chi connectivity index (χ0v) is 7.26. The molecule has 2 heteroatoms. The Balaban J connectivity index is 4.25. The van der Waals surface area contributed by atoms with E-state index in [1.165, 1.54) is 5.57 Å². The molecule has 0 aromatic rings. The summed E-state index contributed by atoms with van der Waals surface area (Å²) < 4.78 is 0. The molecule has 0 aromatic heterocycles. The van der Waals surface area contributed by atoms with Crippen LogP contribution in [0.3, 0.4) is 0 Å². The van der Waals surface area contributed by atoms with Gasteiger partial charge in [-0.25, -0.2) is 0 Å². The third-order valence-corrected chi connectivity index (χ3v) is 2.31. The van der Waals surface area contributed by atoms with Crippen molar-refractivity contribution in [1.82, 2.24) is 0 Å². The van der Waals surface area contributed by atoms with Crippen molar-refractivity contribution in [1.29, 1.82) is 5.26 Å². The summed E-state index contributed by atoms with van der Waals surface area (Å²) in [5.41, 5.74) is 1.22. The van der Waals surface area contributed by atoms with Crippen LogP contribution < -0.4 is 0 Å². The van der Waals surface area contributed by atoms with Crippen molar-refractivity contribution >= 4 is 9.24 Å². The molecule has 0 heterocycles. The van der Waals surface area contributed by atoms with Gasteiger partial charge in [0.25, 0.3) is 0 Å². The number of rotatable bonds is 1. The van der Waals surface area contributed by atoms with Gasteiger partial charge < -0.3 is 0 Å². The lowest BCUT2D eigenvalue weighted by molar-refractivity contribution is 0.922. The molecular weight excluding hydrogens is 129 g/mol. The molecule has 0 rings (SSSR count). The summed E-state index contributed by atoms with van der Waals surface area (Å²) in [5.74, 6) is 0.0417. The third-order valence-electron chi connectivity index (χ3n) is 1.24. The Morgan fingerprint density at radius 3 is 2.11 bits per heavy atom. The summed E-state index contributed by atoms with van der Waals surface area (Å²) in [6.07, 6.45) is 0. The molecule has 0 fully saturated rings. The van der Waals surface area contributed by atoms with E-state index in [9.17, 15) is 0 Å². The summed E-state index contributed by atoms with van der Waals surface area (Å²) in [6, 6.07) is 2.17. The third kappa shape index (κ3) is 2.63. The van der Waals surface area contributed by atoms with E-state index in [4.69, 9.17) is 5.26 Å². The van der Waals surface area contributed by atoms with Crippen molar-refractivity contribution in [2.75, 3.05) is 0 Å². The Labute approximate surface area is 59.0 Å². The molecule has 0 aliphatic rings. The number of hydrogen-bond donors (Lipinski definition) is 0. The van der Waals surface area contributed by atoms with Crippen LogP contribution in [0.4, 0.5) is 0 Å². The number of hydrogen-bond acceptors (Lipinski definition) is 1. The molecule has 2 atom stereocenters. The van der Waals surface area contributed by atoms with Gasteiger partial charge >= 0.3 is 0 Å². The first-order valence-electron chi connectivity index (χ1n) is 2.92. The van der Waals surface area contributed by atoms with E-state index < -0.39 is 0 Å². The summed E-state index contributed by atoms with van der Waals surface area (Å²) in [6.45, 7) is 5.92. The molecule has 0 aliphatic carbocycles. The standard InChI is InChI=1S/C7H12NP/c1-5(2)7(9)6(3)4-8/h6H,9H2,1-3H3. The van der Waals surface area contributed by atoms with Crippen molar-refractivity contribution < 1.29 is 0 Å². The van der Waals surface area contributed by atoms with Crippen molar-refractivity contribution in [3.8, 4) is 6.07 Å². The van der Waals surface area contributed by atoms with E-state index in [-0.39, 0.29) is 5.92 Å². The van der Waals surface area contributed by atoms with Gasteiger partial charge in [0.15, 0.2) is 0 Å². The van der Waals surface area contributed by atoms with Crippen molar-refractivity contribution in [3.05, 3.63) is 10.9 Å². The highest BCUT2D eigenvalue weighted by atomic mass is 31.0. The summed E-state index contributed by atoms with van der Waals surface area (Å²) in [7, 11) is 2.59. The molecule has 9 heavy (non-hydrogen) atoms. The smallest absolute Gasteiger partial charge is 0.0701 e. The van der Waals surface area contributed by atoms with E-state index in [1.54, 1.807) is 0 Å². The minimum absolute atomic E-state index is 0.0417. The van der Waals surface area contributed by atoms with E-state index in [0.717, 1.165) is 5.31 Å². The van der Waals surface area contributed by atoms with Crippen LogP contribution in [0.2, 0.25) is 0 Å². The second-order valence-electron chi connectivity index (χ2n) is 2.31. The van der Waals surface area contributed by atoms with Gasteiger partial charge in [-0.2, -0.15) is 5.26 Å². The highest BCUT2D eigenvalue weighted by molar-refractivity contribution is 7.22. The average Bonchev–Trinajstić information content (AvgIpc) is 1.84. The second-order valence-corrected chi connectivity index (χ2v) is 2.93. The number of nitrogens with zero attached hydrogens (tertiary/aromatic N) is 1. The van der Waals surface area contributed by atoms with Gasteiger partial charge in [0.1, 0.15) is 0 Å². The zero-order chi connectivity index (χ0) is 7.44. The lowest BCUT2D eigenvalue weighted by atomic mass is 10.1. The maximum Gasteiger partial charge on any atom is 0.0701 e. The van der Waals surface area contributed by atoms with Crippen LogP contribution in [0.5, 0.6) is 0 Å². The average molecular weight is 141 g/mol. The molecule has 2 unspecified atom stereocenters. The van der Waals surface area contributed by atoms with E-state index in [2.05, 4.69) is 15.3 Å². The quantitative estimate of drug-likeness (QED) is 0.514. The molecule has 0 spiro atoms. The van der Waals surface area contributed by atoms with Gasteiger partial charge in [0, 0.05) is 0 Å². The largest absolute Gasteiger partial charge is 0.198 e. The Morgan fingerprint density at radius 2 is 2.00 bits per heavy atom. The van der Waals surface area contributed by atoms with Crippen molar-refractivity contribution in [3.63, 3.8) is 0 Å². The first-order valence-corrected chi connectivity index (χ1v) is 3.49. The van der Waals surface area contributed by atoms with Crippen LogP contribution in [0.25, 0.3) is 0 Å². The van der Waals surface area contributed by atoms with Crippen LogP contribution in [0, 0.1) is 17.2 Å². The molecule has 0 saturated carbocycles. The van der Waals surface area contributed by atoms with E-state index >= 15 is 0 Å². The monoisotopic (exact) mass is 141 g/mol. The topological polar surface area (TPSA) is 23.8 Å². The summed E-state index contributed by atoms with van der Waals surface area (Å²) >= 11 is 0. The summed E-state index contributed by atoms with van der Waals surface area (Å²) in [4.78, 5) is 0. The molecule has 0 bridgehead atoms. The Bertz CT molecular complexity index is 160. The minimum Gasteiger partial charge on any atom is -0.198 e. The lowest BCUT2D eigenvalue weighted by Crippen LogP contribution is -1.89. The molecule has 0 radical (unpaired) electrons. The van der Waals surface area contributed by atoms with Gasteiger partial charge in [0.2, 0.25) is 0 Å². The number of nitriles is 1. The Kier molecular flexibility index (Phi) is 3.50. The maximum atomic E-state index is 8.46. The first-order chi connectivity index (χ1) is 4.09. The fourth-order valence-electron chi connectivity index (χ4n) is 0.503. The minimum atomic E-state index is 0.0417. The van der Waals surface area contributed by atoms with Gasteiger partial charge in [-0.05, 0) is 26.1 Å². The normalized spacial score (nSPS) is 11.9. The first kappa shape index (κ1) is 8.66. The Hall–Kier alpha value is -0.340. The molecule has 0 amide bonds. The van der Waals surface area contributed by atoms with Crippen molar-refractivity contribution in [2.45, 2.75) is 20.8 Å². The fraction of sp³-hybridized carbons (Fsp3) is 0.571. The molecule has 0 N–H and O–H groups in total. The molecule has 0 saturated heterocycles. The molecule has 50 valence electrons. The fourth-order valence-corrected chi connectivity index (χ4v) is 0.577. The molecular formula is C7H12NP. The highest BCUT2D eigenvalue weighted by Gasteiger charge is 2.01. The van der Waals surface area contributed by atoms with E-state index in [0.29, 0.717) is 0 Å². The Morgan fingerprint density at radius 1 is 1.56 bits per heavy atom. The van der Waals surface area contributed by atoms with Crippen LogP contribution in [-0.4, -0.2) is 0 Å². The van der Waals surface area contributed by atoms with Crippen LogP contribution in [0.1, 0.15) is 20.8 Å². The van der Waals surface area contributed by atoms with Gasteiger partial charge in [-0.3, -0.25) is 0 Å². The predicted octanol–water partition coefficient (Wildman–Crippen LogP) is 2.32.